The molecule has 2 N–H and O–H groups in total. The van der Waals surface area contributed by atoms with Crippen LogP contribution in [0.15, 0.2) is 24.3 Å². The molecule has 0 spiro atoms. The fraction of sp³-hybridized carbons (Fsp3) is 0.533. The number of carbonyl (C=O) groups is 1. The molecule has 2 unspecified atom stereocenters. The second-order valence-electron chi connectivity index (χ2n) is 5.12. The molecule has 1 fully saturated rings. The summed E-state index contributed by atoms with van der Waals surface area (Å²) in [5.74, 6) is 0.811. The maximum Gasteiger partial charge on any atom is 0.191 e. The highest BCUT2D eigenvalue weighted by atomic mass is 16.5. The number of hydrogen-bond acceptors (Lipinski definition) is 4. The van der Waals surface area contributed by atoms with Gasteiger partial charge in [-0.3, -0.25) is 4.79 Å². The van der Waals surface area contributed by atoms with Crippen LogP contribution in [0.5, 0.6) is 5.75 Å². The predicted octanol–water partition coefficient (Wildman–Crippen LogP) is 2.16. The summed E-state index contributed by atoms with van der Waals surface area (Å²) in [4.78, 5) is 12.2. The van der Waals surface area contributed by atoms with Crippen molar-refractivity contribution >= 4 is 5.78 Å². The van der Waals surface area contributed by atoms with E-state index in [1.165, 1.54) is 0 Å². The van der Waals surface area contributed by atoms with Gasteiger partial charge in [0.2, 0.25) is 0 Å². The van der Waals surface area contributed by atoms with Gasteiger partial charge in [-0.05, 0) is 51.0 Å². The summed E-state index contributed by atoms with van der Waals surface area (Å²) in [6.45, 7) is 4.42. The summed E-state index contributed by atoms with van der Waals surface area (Å²) in [7, 11) is 0. The number of ketones is 1. The van der Waals surface area contributed by atoms with E-state index in [2.05, 4.69) is 0 Å². The van der Waals surface area contributed by atoms with Crippen LogP contribution in [0.4, 0.5) is 0 Å². The minimum absolute atomic E-state index is 0.0255. The molecule has 2 rings (SSSR count). The average Bonchev–Trinajstić information content (AvgIpc) is 2.87. The molecule has 4 nitrogen and oxygen atoms in total. The van der Waals surface area contributed by atoms with Gasteiger partial charge in [-0.1, -0.05) is 0 Å². The zero-order valence-corrected chi connectivity index (χ0v) is 11.5. The number of rotatable bonds is 5. The molecule has 1 aromatic carbocycles. The Morgan fingerprint density at radius 1 is 1.37 bits per heavy atom. The summed E-state index contributed by atoms with van der Waals surface area (Å²) < 4.78 is 11.2. The fourth-order valence-electron chi connectivity index (χ4n) is 2.23. The molecule has 2 atom stereocenters. The average molecular weight is 263 g/mol. The van der Waals surface area contributed by atoms with E-state index in [4.69, 9.17) is 15.2 Å². The van der Waals surface area contributed by atoms with Crippen molar-refractivity contribution in [2.24, 2.45) is 5.73 Å². The van der Waals surface area contributed by atoms with E-state index >= 15 is 0 Å². The lowest BCUT2D eigenvalue weighted by molar-refractivity contribution is 0.0404. The van der Waals surface area contributed by atoms with Gasteiger partial charge in [0.25, 0.3) is 0 Å². The van der Waals surface area contributed by atoms with Crippen LogP contribution in [0.1, 0.15) is 37.0 Å². The second kappa shape index (κ2) is 6.17. The summed E-state index contributed by atoms with van der Waals surface area (Å²) >= 11 is 0. The molecule has 104 valence electrons. The molecular formula is C15H21NO3. The zero-order valence-electron chi connectivity index (χ0n) is 11.5. The number of ether oxygens (including phenoxy) is 2. The normalized spacial score (nSPS) is 22.7. The van der Waals surface area contributed by atoms with Crippen molar-refractivity contribution < 1.29 is 14.3 Å². The number of carbonyl (C=O) groups excluding carboxylic acids is 1. The lowest BCUT2D eigenvalue weighted by atomic mass is 10.0. The molecule has 4 heteroatoms. The third kappa shape index (κ3) is 3.55. The number of hydrogen-bond donors (Lipinski definition) is 1. The standard InChI is InChI=1S/C15H21NO3/c1-10(2)18-12-5-3-11(4-6-12)15(17)14-8-7-13(9-16)19-14/h3-6,10,13-14H,7-9,16H2,1-2H3. The van der Waals surface area contributed by atoms with Gasteiger partial charge in [-0.25, -0.2) is 0 Å². The van der Waals surface area contributed by atoms with Crippen LogP contribution in [-0.2, 0) is 4.74 Å². The Morgan fingerprint density at radius 2 is 2.05 bits per heavy atom. The van der Waals surface area contributed by atoms with E-state index in [9.17, 15) is 4.79 Å². The van der Waals surface area contributed by atoms with Crippen molar-refractivity contribution in [1.82, 2.24) is 0 Å². The van der Waals surface area contributed by atoms with Gasteiger partial charge in [0, 0.05) is 12.1 Å². The summed E-state index contributed by atoms with van der Waals surface area (Å²) in [6.07, 6.45) is 1.43. The Kier molecular flexibility index (Phi) is 4.56. The molecule has 19 heavy (non-hydrogen) atoms. The van der Waals surface area contributed by atoms with Crippen molar-refractivity contribution in [2.45, 2.75) is 45.0 Å². The third-order valence-corrected chi connectivity index (χ3v) is 3.17. The van der Waals surface area contributed by atoms with E-state index in [1.807, 2.05) is 26.0 Å². The molecule has 1 heterocycles. The number of Topliss-reactive ketones (excluding diaryl/α,β-unsaturated/α-hetero) is 1. The lowest BCUT2D eigenvalue weighted by Gasteiger charge is -2.13. The van der Waals surface area contributed by atoms with E-state index in [1.54, 1.807) is 12.1 Å². The van der Waals surface area contributed by atoms with Gasteiger partial charge in [0.05, 0.1) is 12.2 Å². The molecular weight excluding hydrogens is 242 g/mol. The van der Waals surface area contributed by atoms with Crippen LogP contribution in [-0.4, -0.2) is 30.6 Å². The quantitative estimate of drug-likeness (QED) is 0.827. The van der Waals surface area contributed by atoms with Crippen LogP contribution in [0.2, 0.25) is 0 Å². The van der Waals surface area contributed by atoms with Gasteiger partial charge >= 0.3 is 0 Å². The highest BCUT2D eigenvalue weighted by molar-refractivity contribution is 5.99. The van der Waals surface area contributed by atoms with Gasteiger partial charge in [-0.15, -0.1) is 0 Å². The highest BCUT2D eigenvalue weighted by Crippen LogP contribution is 2.23. The van der Waals surface area contributed by atoms with Crippen LogP contribution in [0.3, 0.4) is 0 Å². The zero-order chi connectivity index (χ0) is 13.8. The van der Waals surface area contributed by atoms with Gasteiger partial charge in [0.1, 0.15) is 11.9 Å². The van der Waals surface area contributed by atoms with Crippen LogP contribution < -0.4 is 10.5 Å². The lowest BCUT2D eigenvalue weighted by Crippen LogP contribution is -2.25. The maximum absolute atomic E-state index is 12.2. The molecule has 0 saturated carbocycles. The monoisotopic (exact) mass is 263 g/mol. The topological polar surface area (TPSA) is 61.5 Å². The number of nitrogens with two attached hydrogens (primary N) is 1. The molecule has 0 bridgehead atoms. The van der Waals surface area contributed by atoms with Gasteiger partial charge in [-0.2, -0.15) is 0 Å². The SMILES string of the molecule is CC(C)Oc1ccc(C(=O)C2CCC(CN)O2)cc1. The van der Waals surface area contributed by atoms with Crippen molar-refractivity contribution in [3.63, 3.8) is 0 Å². The summed E-state index contributed by atoms with van der Waals surface area (Å²) in [6, 6.07) is 7.23. The molecule has 1 aliphatic heterocycles. The van der Waals surface area contributed by atoms with Crippen molar-refractivity contribution in [1.29, 1.82) is 0 Å². The van der Waals surface area contributed by atoms with E-state index in [-0.39, 0.29) is 24.1 Å². The Balaban J connectivity index is 2.00. The molecule has 1 aromatic rings. The van der Waals surface area contributed by atoms with Crippen LogP contribution in [0, 0.1) is 0 Å². The van der Waals surface area contributed by atoms with E-state index in [0.717, 1.165) is 18.6 Å². The molecule has 1 aliphatic rings. The Bertz CT molecular complexity index is 428. The largest absolute Gasteiger partial charge is 0.491 e. The molecule has 1 saturated heterocycles. The van der Waals surface area contributed by atoms with E-state index < -0.39 is 0 Å². The predicted molar refractivity (Wildman–Crippen MR) is 73.5 cm³/mol. The third-order valence-electron chi connectivity index (χ3n) is 3.17. The van der Waals surface area contributed by atoms with Gasteiger partial charge in [0.15, 0.2) is 5.78 Å². The molecule has 0 aliphatic carbocycles. The molecule has 0 amide bonds. The summed E-state index contributed by atoms with van der Waals surface area (Å²) in [5, 5.41) is 0. The Labute approximate surface area is 113 Å². The van der Waals surface area contributed by atoms with Crippen molar-refractivity contribution in [3.05, 3.63) is 29.8 Å². The molecule has 0 radical (unpaired) electrons. The Morgan fingerprint density at radius 3 is 2.58 bits per heavy atom. The first-order valence-electron chi connectivity index (χ1n) is 6.76. The first kappa shape index (κ1) is 14.0. The van der Waals surface area contributed by atoms with Crippen LogP contribution >= 0.6 is 0 Å². The first-order valence-corrected chi connectivity index (χ1v) is 6.76. The second-order valence-corrected chi connectivity index (χ2v) is 5.12. The van der Waals surface area contributed by atoms with E-state index in [0.29, 0.717) is 12.1 Å². The maximum atomic E-state index is 12.2. The smallest absolute Gasteiger partial charge is 0.191 e. The minimum atomic E-state index is -0.342. The van der Waals surface area contributed by atoms with Crippen LogP contribution in [0.25, 0.3) is 0 Å². The Hall–Kier alpha value is -1.39. The number of benzene rings is 1. The highest BCUT2D eigenvalue weighted by Gasteiger charge is 2.30. The molecule has 0 aromatic heterocycles. The van der Waals surface area contributed by atoms with Gasteiger partial charge < -0.3 is 15.2 Å². The fourth-order valence-corrected chi connectivity index (χ4v) is 2.23. The minimum Gasteiger partial charge on any atom is -0.491 e. The summed E-state index contributed by atoms with van der Waals surface area (Å²) in [5.41, 5.74) is 6.21. The van der Waals surface area contributed by atoms with Crippen molar-refractivity contribution in [2.75, 3.05) is 6.54 Å². The first-order chi connectivity index (χ1) is 9.10. The van der Waals surface area contributed by atoms with Crippen molar-refractivity contribution in [3.8, 4) is 5.75 Å².